The number of aliphatic imine (C=N–C) groups is 1. The maximum atomic E-state index is 12.8. The van der Waals surface area contributed by atoms with E-state index in [-0.39, 0.29) is 12.1 Å². The highest BCUT2D eigenvalue weighted by atomic mass is 32.1. The summed E-state index contributed by atoms with van der Waals surface area (Å²) in [6.07, 6.45) is 3.51. The average Bonchev–Trinajstić information content (AvgIpc) is 3.52. The van der Waals surface area contributed by atoms with Gasteiger partial charge in [-0.25, -0.2) is 9.78 Å². The summed E-state index contributed by atoms with van der Waals surface area (Å²) in [5.41, 5.74) is 5.69. The third kappa shape index (κ3) is 4.90. The van der Waals surface area contributed by atoms with Gasteiger partial charge in [0.25, 0.3) is 0 Å². The van der Waals surface area contributed by atoms with Crippen molar-refractivity contribution < 1.29 is 9.53 Å². The van der Waals surface area contributed by atoms with E-state index in [0.29, 0.717) is 11.3 Å². The summed E-state index contributed by atoms with van der Waals surface area (Å²) in [7, 11) is 2.08. The van der Waals surface area contributed by atoms with E-state index in [2.05, 4.69) is 40.1 Å². The topological polar surface area (TPSA) is 81.8 Å². The van der Waals surface area contributed by atoms with Crippen molar-refractivity contribution in [3.63, 3.8) is 0 Å². The average molecular weight is 500 g/mol. The number of aromatic nitrogens is 1. The minimum Gasteiger partial charge on any atom is -0.490 e. The molecule has 7 nitrogen and oxygen atoms in total. The Kier molecular flexibility index (Phi) is 6.86. The Morgan fingerprint density at radius 3 is 2.67 bits per heavy atom. The van der Waals surface area contributed by atoms with Gasteiger partial charge in [0.2, 0.25) is 0 Å². The molecule has 2 aromatic carbocycles. The molecular weight excluding hydrogens is 470 g/mol. The second-order valence-corrected chi connectivity index (χ2v) is 10.5. The molecule has 1 fully saturated rings. The summed E-state index contributed by atoms with van der Waals surface area (Å²) >= 11 is 1.60. The predicted octanol–water partition coefficient (Wildman–Crippen LogP) is 5.24. The predicted molar refractivity (Wildman–Crippen MR) is 143 cm³/mol. The number of urea groups is 1. The van der Waals surface area contributed by atoms with Crippen LogP contribution in [0.5, 0.6) is 5.75 Å². The first-order valence-corrected chi connectivity index (χ1v) is 13.1. The van der Waals surface area contributed by atoms with Gasteiger partial charge >= 0.3 is 6.03 Å². The van der Waals surface area contributed by atoms with Crippen molar-refractivity contribution in [2.75, 3.05) is 33.2 Å². The molecule has 1 aliphatic heterocycles. The summed E-state index contributed by atoms with van der Waals surface area (Å²) in [6.45, 7) is 7.10. The summed E-state index contributed by atoms with van der Waals surface area (Å²) in [5, 5.41) is 10.4. The first-order valence-electron chi connectivity index (χ1n) is 12.3. The number of hydrogen-bond donors (Lipinski definition) is 0. The lowest BCUT2D eigenvalue weighted by Crippen LogP contribution is -2.46. The van der Waals surface area contributed by atoms with Crippen LogP contribution in [-0.4, -0.2) is 65.9 Å². The first-order chi connectivity index (χ1) is 17.4. The van der Waals surface area contributed by atoms with Crippen molar-refractivity contribution in [1.29, 1.82) is 5.26 Å². The molecule has 8 heteroatoms. The zero-order valence-electron chi connectivity index (χ0n) is 20.8. The molecule has 3 aromatic rings. The van der Waals surface area contributed by atoms with Crippen molar-refractivity contribution >= 4 is 23.1 Å². The summed E-state index contributed by atoms with van der Waals surface area (Å²) < 4.78 is 5.75. The fraction of sp³-hybridized carbons (Fsp3) is 0.357. The minimum absolute atomic E-state index is 0.000118. The number of nitrogens with zero attached hydrogens (tertiary/aromatic N) is 5. The van der Waals surface area contributed by atoms with Gasteiger partial charge < -0.3 is 14.5 Å². The van der Waals surface area contributed by atoms with E-state index in [0.717, 1.165) is 71.3 Å². The van der Waals surface area contributed by atoms with Gasteiger partial charge in [0.05, 0.1) is 22.3 Å². The van der Waals surface area contributed by atoms with Crippen LogP contribution in [-0.2, 0) is 6.42 Å². The van der Waals surface area contributed by atoms with Crippen molar-refractivity contribution in [1.82, 2.24) is 14.8 Å². The van der Waals surface area contributed by atoms with E-state index in [1.807, 2.05) is 49.2 Å². The van der Waals surface area contributed by atoms with E-state index in [4.69, 9.17) is 4.74 Å². The number of carbonyl (C=O) groups excluding carboxylic acids is 1. The van der Waals surface area contributed by atoms with E-state index >= 15 is 0 Å². The maximum Gasteiger partial charge on any atom is 0.343 e. The fourth-order valence-corrected chi connectivity index (χ4v) is 5.64. The Morgan fingerprint density at radius 2 is 1.92 bits per heavy atom. The number of benzene rings is 2. The van der Waals surface area contributed by atoms with Gasteiger partial charge in [-0.2, -0.15) is 10.3 Å². The standard InChI is InChI=1S/C28H29N5O2S/c1-18(2)35-25-10-7-19(15-20(25)16-29)27-30-17-26(36-27)23-6-4-5-22-21(23)8-9-24(22)31-28(34)33-13-11-32(3)12-14-33/h4-7,10,15,17-18H,8-9,11-14H2,1-3H3/b31-24-. The molecule has 0 N–H and O–H groups in total. The molecule has 1 aromatic heterocycles. The molecule has 1 saturated heterocycles. The number of nitriles is 1. The quantitative estimate of drug-likeness (QED) is 0.490. The van der Waals surface area contributed by atoms with Crippen molar-refractivity contribution in [2.24, 2.45) is 4.99 Å². The molecule has 184 valence electrons. The largest absolute Gasteiger partial charge is 0.490 e. The first kappa shape index (κ1) is 24.2. The number of thiazole rings is 1. The van der Waals surface area contributed by atoms with Crippen LogP contribution in [0.15, 0.2) is 47.6 Å². The van der Waals surface area contributed by atoms with Gasteiger partial charge in [0.15, 0.2) is 0 Å². The Labute approximate surface area is 215 Å². The second kappa shape index (κ2) is 10.2. The normalized spacial score (nSPS) is 16.9. The fourth-order valence-electron chi connectivity index (χ4n) is 4.67. The third-order valence-electron chi connectivity index (χ3n) is 6.58. The van der Waals surface area contributed by atoms with Crippen LogP contribution in [0.25, 0.3) is 21.0 Å². The number of ether oxygens (including phenoxy) is 1. The lowest BCUT2D eigenvalue weighted by atomic mass is 10.0. The molecule has 36 heavy (non-hydrogen) atoms. The number of piperazine rings is 1. The summed E-state index contributed by atoms with van der Waals surface area (Å²) in [6, 6.07) is 13.9. The second-order valence-electron chi connectivity index (χ2n) is 9.48. The number of hydrogen-bond acceptors (Lipinski definition) is 6. The van der Waals surface area contributed by atoms with Gasteiger partial charge in [0.1, 0.15) is 16.8 Å². The Hall–Kier alpha value is -3.54. The zero-order valence-corrected chi connectivity index (χ0v) is 21.6. The number of likely N-dealkylation sites (N-methyl/N-ethyl adjacent to an activating group) is 1. The minimum atomic E-state index is -0.130. The van der Waals surface area contributed by atoms with Gasteiger partial charge in [-0.15, -0.1) is 11.3 Å². The molecule has 2 aliphatic rings. The van der Waals surface area contributed by atoms with Gasteiger partial charge in [0, 0.05) is 43.5 Å². The molecule has 0 bridgehead atoms. The number of carbonyl (C=O) groups is 1. The van der Waals surface area contributed by atoms with Crippen LogP contribution in [0.2, 0.25) is 0 Å². The van der Waals surface area contributed by atoms with Gasteiger partial charge in [-0.05, 0) is 63.1 Å². The van der Waals surface area contributed by atoms with Crippen molar-refractivity contribution in [2.45, 2.75) is 32.8 Å². The highest BCUT2D eigenvalue weighted by Crippen LogP contribution is 2.38. The summed E-state index contributed by atoms with van der Waals surface area (Å²) in [5.74, 6) is 0.590. The van der Waals surface area contributed by atoms with E-state index < -0.39 is 0 Å². The zero-order chi connectivity index (χ0) is 25.2. The van der Waals surface area contributed by atoms with Crippen molar-refractivity contribution in [3.8, 4) is 32.8 Å². The highest BCUT2D eigenvalue weighted by Gasteiger charge is 2.25. The van der Waals surface area contributed by atoms with Crippen LogP contribution in [0.4, 0.5) is 4.79 Å². The molecule has 0 radical (unpaired) electrons. The SMILES string of the molecule is CC(C)Oc1ccc(-c2ncc(-c3cccc4c3CC/C4=N/C(=O)N3CCN(C)CC3)s2)cc1C#N. The third-order valence-corrected chi connectivity index (χ3v) is 7.66. The molecule has 2 amide bonds. The molecule has 0 atom stereocenters. The molecule has 0 saturated carbocycles. The van der Waals surface area contributed by atoms with Crippen LogP contribution >= 0.6 is 11.3 Å². The van der Waals surface area contributed by atoms with Gasteiger partial charge in [-0.3, -0.25) is 0 Å². The van der Waals surface area contributed by atoms with Crippen molar-refractivity contribution in [3.05, 3.63) is 59.3 Å². The van der Waals surface area contributed by atoms with E-state index in [1.54, 1.807) is 11.3 Å². The number of fused-ring (bicyclic) bond motifs is 1. The van der Waals surface area contributed by atoms with E-state index in [1.165, 1.54) is 5.56 Å². The number of rotatable bonds is 4. The maximum absolute atomic E-state index is 12.8. The molecule has 0 spiro atoms. The van der Waals surface area contributed by atoms with E-state index in [9.17, 15) is 10.1 Å². The van der Waals surface area contributed by atoms with Crippen LogP contribution < -0.4 is 4.74 Å². The number of amides is 2. The van der Waals surface area contributed by atoms with Gasteiger partial charge in [-0.1, -0.05) is 18.2 Å². The highest BCUT2D eigenvalue weighted by molar-refractivity contribution is 7.18. The van der Waals surface area contributed by atoms with Crippen LogP contribution in [0, 0.1) is 11.3 Å². The molecule has 1 aliphatic carbocycles. The summed E-state index contributed by atoms with van der Waals surface area (Å²) in [4.78, 5) is 27.1. The van der Waals surface area contributed by atoms with Crippen LogP contribution in [0.1, 0.15) is 37.0 Å². The Morgan fingerprint density at radius 1 is 1.14 bits per heavy atom. The smallest absolute Gasteiger partial charge is 0.343 e. The monoisotopic (exact) mass is 499 g/mol. The molecular formula is C28H29N5O2S. The molecule has 2 heterocycles. The lowest BCUT2D eigenvalue weighted by Gasteiger charge is -2.31. The van der Waals surface area contributed by atoms with Crippen LogP contribution in [0.3, 0.4) is 0 Å². The lowest BCUT2D eigenvalue weighted by molar-refractivity contribution is 0.161. The Bertz CT molecular complexity index is 1360. The Balaban J connectivity index is 1.40. The molecule has 0 unspecified atom stereocenters. The molecule has 5 rings (SSSR count).